The number of halogens is 1. The van der Waals surface area contributed by atoms with E-state index < -0.39 is 0 Å². The number of benzene rings is 2. The highest BCUT2D eigenvalue weighted by molar-refractivity contribution is 5.92. The van der Waals surface area contributed by atoms with Gasteiger partial charge in [0.1, 0.15) is 12.4 Å². The molecule has 0 N–H and O–H groups in total. The maximum atomic E-state index is 13.0. The predicted octanol–water partition coefficient (Wildman–Crippen LogP) is 2.71. The molecule has 0 bridgehead atoms. The predicted molar refractivity (Wildman–Crippen MR) is 93.7 cm³/mol. The third-order valence-electron chi connectivity index (χ3n) is 3.81. The highest BCUT2D eigenvalue weighted by atomic mass is 19.1. The van der Waals surface area contributed by atoms with Gasteiger partial charge < -0.3 is 4.90 Å². The number of aromatic nitrogens is 2. The second kappa shape index (κ2) is 7.09. The number of anilines is 1. The first-order valence-electron chi connectivity index (χ1n) is 7.70. The minimum Gasteiger partial charge on any atom is -0.314 e. The van der Waals surface area contributed by atoms with Gasteiger partial charge in [-0.2, -0.15) is 5.10 Å². The van der Waals surface area contributed by atoms with Crippen LogP contribution in [0.5, 0.6) is 0 Å². The molecule has 0 aliphatic heterocycles. The van der Waals surface area contributed by atoms with Gasteiger partial charge in [-0.15, -0.1) is 0 Å². The van der Waals surface area contributed by atoms with Crippen molar-refractivity contribution in [1.82, 2.24) is 9.78 Å². The largest absolute Gasteiger partial charge is 0.314 e. The third kappa shape index (κ3) is 3.80. The Morgan fingerprint density at radius 1 is 1.04 bits per heavy atom. The number of carbonyl (C=O) groups is 1. The van der Waals surface area contributed by atoms with E-state index in [0.717, 1.165) is 10.4 Å². The minimum absolute atomic E-state index is 0.181. The summed E-state index contributed by atoms with van der Waals surface area (Å²) in [4.78, 5) is 25.9. The minimum atomic E-state index is -0.374. The lowest BCUT2D eigenvalue weighted by molar-refractivity contribution is -0.119. The summed E-state index contributed by atoms with van der Waals surface area (Å²) in [5.41, 5.74) is 1.52. The fraction of sp³-hybridized carbons (Fsp3) is 0.105. The average molecular weight is 337 g/mol. The van der Waals surface area contributed by atoms with Crippen LogP contribution in [0, 0.1) is 5.82 Å². The van der Waals surface area contributed by atoms with E-state index in [0.29, 0.717) is 11.3 Å². The van der Waals surface area contributed by atoms with E-state index >= 15 is 0 Å². The summed E-state index contributed by atoms with van der Waals surface area (Å²) >= 11 is 0. The van der Waals surface area contributed by atoms with Crippen LogP contribution >= 0.6 is 0 Å². The van der Waals surface area contributed by atoms with Crippen molar-refractivity contribution >= 4 is 11.6 Å². The normalized spacial score (nSPS) is 10.5. The first-order chi connectivity index (χ1) is 12.0. The number of carbonyl (C=O) groups excluding carboxylic acids is 1. The summed E-state index contributed by atoms with van der Waals surface area (Å²) in [6, 6.07) is 17.8. The van der Waals surface area contributed by atoms with Crippen molar-refractivity contribution in [2.75, 3.05) is 11.9 Å². The van der Waals surface area contributed by atoms with Gasteiger partial charge in [0.15, 0.2) is 0 Å². The fourth-order valence-corrected chi connectivity index (χ4v) is 2.37. The van der Waals surface area contributed by atoms with Gasteiger partial charge in [0, 0.05) is 24.4 Å². The smallest absolute Gasteiger partial charge is 0.267 e. The van der Waals surface area contributed by atoms with Gasteiger partial charge in [0.25, 0.3) is 5.56 Å². The molecule has 0 saturated heterocycles. The van der Waals surface area contributed by atoms with Crippen LogP contribution in [-0.4, -0.2) is 22.7 Å². The van der Waals surface area contributed by atoms with Crippen LogP contribution in [0.15, 0.2) is 71.5 Å². The molecule has 1 aromatic heterocycles. The van der Waals surface area contributed by atoms with Crippen LogP contribution in [0.1, 0.15) is 0 Å². The van der Waals surface area contributed by atoms with E-state index in [4.69, 9.17) is 0 Å². The van der Waals surface area contributed by atoms with Crippen LogP contribution in [-0.2, 0) is 11.3 Å². The van der Waals surface area contributed by atoms with Crippen molar-refractivity contribution in [2.45, 2.75) is 6.54 Å². The van der Waals surface area contributed by atoms with Gasteiger partial charge in [-0.3, -0.25) is 9.59 Å². The Bertz CT molecular complexity index is 937. The number of nitrogens with zero attached hydrogens (tertiary/aromatic N) is 3. The molecule has 3 aromatic rings. The molecule has 0 aliphatic rings. The van der Waals surface area contributed by atoms with Gasteiger partial charge in [-0.05, 0) is 42.5 Å². The molecule has 1 heterocycles. The van der Waals surface area contributed by atoms with Crippen molar-refractivity contribution in [2.24, 2.45) is 0 Å². The van der Waals surface area contributed by atoms with E-state index in [2.05, 4.69) is 5.10 Å². The first-order valence-corrected chi connectivity index (χ1v) is 7.70. The van der Waals surface area contributed by atoms with Crippen LogP contribution in [0.25, 0.3) is 11.3 Å². The van der Waals surface area contributed by atoms with Crippen molar-refractivity contribution in [3.63, 3.8) is 0 Å². The molecule has 0 aliphatic carbocycles. The molecule has 0 atom stereocenters. The van der Waals surface area contributed by atoms with Crippen molar-refractivity contribution < 1.29 is 9.18 Å². The summed E-state index contributed by atoms with van der Waals surface area (Å²) < 4.78 is 14.2. The average Bonchev–Trinajstić information content (AvgIpc) is 2.64. The summed E-state index contributed by atoms with van der Waals surface area (Å²) in [7, 11) is 1.65. The molecule has 0 unspecified atom stereocenters. The zero-order chi connectivity index (χ0) is 17.8. The number of hydrogen-bond acceptors (Lipinski definition) is 3. The molecule has 3 rings (SSSR count). The lowest BCUT2D eigenvalue weighted by Crippen LogP contribution is -2.34. The van der Waals surface area contributed by atoms with E-state index in [-0.39, 0.29) is 23.8 Å². The van der Waals surface area contributed by atoms with Crippen LogP contribution in [0.4, 0.5) is 10.1 Å². The topological polar surface area (TPSA) is 55.2 Å². The summed E-state index contributed by atoms with van der Waals surface area (Å²) in [5, 5.41) is 4.22. The standard InChI is InChI=1S/C19H16FN3O2/c1-22(16-5-3-2-4-6-16)19(25)13-23-18(24)12-11-17(21-23)14-7-9-15(20)10-8-14/h2-12H,13H2,1H3. The van der Waals surface area contributed by atoms with Crippen LogP contribution < -0.4 is 10.5 Å². The molecule has 2 aromatic carbocycles. The molecule has 6 heteroatoms. The Morgan fingerprint density at radius 2 is 1.72 bits per heavy atom. The van der Waals surface area contributed by atoms with Gasteiger partial charge in [-0.1, -0.05) is 18.2 Å². The van der Waals surface area contributed by atoms with Crippen molar-refractivity contribution in [3.05, 3.63) is 82.9 Å². The monoisotopic (exact) mass is 337 g/mol. The van der Waals surface area contributed by atoms with Gasteiger partial charge in [-0.25, -0.2) is 9.07 Å². The maximum absolute atomic E-state index is 13.0. The maximum Gasteiger partial charge on any atom is 0.267 e. The summed E-state index contributed by atoms with van der Waals surface area (Å²) in [6.07, 6.45) is 0. The zero-order valence-corrected chi connectivity index (χ0v) is 13.6. The van der Waals surface area contributed by atoms with E-state index in [9.17, 15) is 14.0 Å². The molecule has 1 amide bonds. The fourth-order valence-electron chi connectivity index (χ4n) is 2.37. The molecular weight excluding hydrogens is 321 g/mol. The van der Waals surface area contributed by atoms with Gasteiger partial charge in [0.2, 0.25) is 5.91 Å². The summed E-state index contributed by atoms with van der Waals surface area (Å²) in [6.45, 7) is -0.181. The molecule has 0 fully saturated rings. The molecule has 0 radical (unpaired) electrons. The number of hydrogen-bond donors (Lipinski definition) is 0. The molecule has 0 spiro atoms. The number of para-hydroxylation sites is 1. The van der Waals surface area contributed by atoms with Gasteiger partial charge in [0.05, 0.1) is 5.69 Å². The Balaban J connectivity index is 1.85. The lowest BCUT2D eigenvalue weighted by atomic mass is 10.1. The van der Waals surface area contributed by atoms with Crippen LogP contribution in [0.2, 0.25) is 0 Å². The van der Waals surface area contributed by atoms with Gasteiger partial charge >= 0.3 is 0 Å². The Hall–Kier alpha value is -3.28. The van der Waals surface area contributed by atoms with E-state index in [1.807, 2.05) is 30.3 Å². The second-order valence-corrected chi connectivity index (χ2v) is 5.51. The zero-order valence-electron chi connectivity index (χ0n) is 13.6. The van der Waals surface area contributed by atoms with E-state index in [1.54, 1.807) is 25.2 Å². The number of likely N-dealkylation sites (N-methyl/N-ethyl adjacent to an activating group) is 1. The Kier molecular flexibility index (Phi) is 4.70. The number of amides is 1. The third-order valence-corrected chi connectivity index (χ3v) is 3.81. The van der Waals surface area contributed by atoms with E-state index in [1.165, 1.54) is 23.1 Å². The lowest BCUT2D eigenvalue weighted by Gasteiger charge is -2.17. The Labute approximate surface area is 144 Å². The second-order valence-electron chi connectivity index (χ2n) is 5.51. The first kappa shape index (κ1) is 16.6. The SMILES string of the molecule is CN(C(=O)Cn1nc(-c2ccc(F)cc2)ccc1=O)c1ccccc1. The summed E-state index contributed by atoms with van der Waals surface area (Å²) in [5.74, 6) is -0.617. The number of rotatable bonds is 4. The molecular formula is C19H16FN3O2. The highest BCUT2D eigenvalue weighted by Gasteiger charge is 2.13. The highest BCUT2D eigenvalue weighted by Crippen LogP contribution is 2.16. The Morgan fingerprint density at radius 3 is 2.40 bits per heavy atom. The van der Waals surface area contributed by atoms with Crippen LogP contribution in [0.3, 0.4) is 0 Å². The molecule has 25 heavy (non-hydrogen) atoms. The molecule has 5 nitrogen and oxygen atoms in total. The van der Waals surface area contributed by atoms with Crippen molar-refractivity contribution in [1.29, 1.82) is 0 Å². The van der Waals surface area contributed by atoms with Crippen molar-refractivity contribution in [3.8, 4) is 11.3 Å². The quantitative estimate of drug-likeness (QED) is 0.735. The molecule has 0 saturated carbocycles. The molecule has 126 valence electrons.